The first kappa shape index (κ1) is 17.9. The van der Waals surface area contributed by atoms with E-state index in [4.69, 9.17) is 0 Å². The van der Waals surface area contributed by atoms with E-state index in [1.54, 1.807) is 12.1 Å². The first-order valence-corrected chi connectivity index (χ1v) is 9.94. The Bertz CT molecular complexity index is 1350. The van der Waals surface area contributed by atoms with Crippen LogP contribution in [0, 0.1) is 5.82 Å². The monoisotopic (exact) mass is 400 g/mol. The van der Waals surface area contributed by atoms with Gasteiger partial charge in [-0.25, -0.2) is 17.8 Å². The molecule has 0 unspecified atom stereocenters. The molecule has 0 radical (unpaired) electrons. The summed E-state index contributed by atoms with van der Waals surface area (Å²) in [7, 11) is -3.32. The summed E-state index contributed by atoms with van der Waals surface area (Å²) in [5, 5.41) is 11.7. The second-order valence-electron chi connectivity index (χ2n) is 6.11. The molecule has 0 aliphatic heterocycles. The Balaban J connectivity index is 1.71. The summed E-state index contributed by atoms with van der Waals surface area (Å²) in [4.78, 5) is 16.9. The molecule has 0 fully saturated rings. The van der Waals surface area contributed by atoms with E-state index >= 15 is 0 Å². The predicted octanol–water partition coefficient (Wildman–Crippen LogP) is 0.963. The molecule has 28 heavy (non-hydrogen) atoms. The fourth-order valence-corrected chi connectivity index (χ4v) is 3.37. The van der Waals surface area contributed by atoms with Crippen molar-refractivity contribution in [1.29, 1.82) is 0 Å². The first-order chi connectivity index (χ1) is 13.3. The molecule has 142 valence electrons. The van der Waals surface area contributed by atoms with Crippen LogP contribution in [-0.4, -0.2) is 44.4 Å². The molecule has 0 bridgehead atoms. The van der Waals surface area contributed by atoms with Crippen molar-refractivity contribution < 1.29 is 12.8 Å². The zero-order valence-corrected chi connectivity index (χ0v) is 15.3. The summed E-state index contributed by atoms with van der Waals surface area (Å²) < 4.78 is 39.2. The third kappa shape index (κ3) is 3.27. The number of hydrogen-bond acceptors (Lipinski definition) is 7. The Kier molecular flexibility index (Phi) is 4.23. The van der Waals surface area contributed by atoms with Crippen molar-refractivity contribution >= 4 is 20.7 Å². The molecule has 0 N–H and O–H groups in total. The second kappa shape index (κ2) is 6.60. The molecular weight excluding hydrogens is 387 g/mol. The maximum atomic E-state index is 13.3. The zero-order valence-electron chi connectivity index (χ0n) is 14.5. The Morgan fingerprint density at radius 3 is 2.57 bits per heavy atom. The van der Waals surface area contributed by atoms with Gasteiger partial charge in [-0.2, -0.15) is 4.68 Å². The number of fused-ring (bicyclic) bond motifs is 1. The van der Waals surface area contributed by atoms with Crippen LogP contribution in [0.4, 0.5) is 4.39 Å². The minimum absolute atomic E-state index is 0.0278. The van der Waals surface area contributed by atoms with Gasteiger partial charge in [0.2, 0.25) is 0 Å². The third-order valence-electron chi connectivity index (χ3n) is 4.14. The van der Waals surface area contributed by atoms with Gasteiger partial charge in [0.05, 0.1) is 34.4 Å². The molecule has 2 aromatic heterocycles. The Hall–Kier alpha value is -3.47. The molecule has 4 rings (SSSR count). The molecule has 0 atom stereocenters. The summed E-state index contributed by atoms with van der Waals surface area (Å²) in [6, 6.07) is 9.81. The molecule has 0 amide bonds. The van der Waals surface area contributed by atoms with Gasteiger partial charge in [0.15, 0.2) is 15.7 Å². The number of benzene rings is 2. The smallest absolute Gasteiger partial charge is 0.261 e. The van der Waals surface area contributed by atoms with E-state index in [0.717, 1.165) is 6.26 Å². The van der Waals surface area contributed by atoms with Crippen LogP contribution in [0.2, 0.25) is 0 Å². The van der Waals surface area contributed by atoms with Crippen molar-refractivity contribution in [1.82, 2.24) is 29.8 Å². The molecule has 2 aromatic carbocycles. The van der Waals surface area contributed by atoms with E-state index < -0.39 is 15.7 Å². The van der Waals surface area contributed by atoms with Gasteiger partial charge in [-0.05, 0) is 46.8 Å². The van der Waals surface area contributed by atoms with Gasteiger partial charge < -0.3 is 0 Å². The maximum absolute atomic E-state index is 13.3. The number of aromatic nitrogens is 6. The van der Waals surface area contributed by atoms with Crippen LogP contribution < -0.4 is 5.56 Å². The average Bonchev–Trinajstić information content (AvgIpc) is 3.11. The normalized spacial score (nSPS) is 11.8. The van der Waals surface area contributed by atoms with Crippen LogP contribution in [0.15, 0.2) is 58.5 Å². The van der Waals surface area contributed by atoms with Gasteiger partial charge in [-0.3, -0.25) is 9.36 Å². The molecule has 4 aromatic rings. The van der Waals surface area contributed by atoms with Crippen molar-refractivity contribution in [2.45, 2.75) is 11.4 Å². The Morgan fingerprint density at radius 2 is 1.86 bits per heavy atom. The van der Waals surface area contributed by atoms with Crippen molar-refractivity contribution in [2.75, 3.05) is 6.26 Å². The van der Waals surface area contributed by atoms with E-state index in [9.17, 15) is 17.6 Å². The van der Waals surface area contributed by atoms with E-state index in [-0.39, 0.29) is 27.9 Å². The van der Waals surface area contributed by atoms with E-state index in [2.05, 4.69) is 20.5 Å². The van der Waals surface area contributed by atoms with Gasteiger partial charge in [0.1, 0.15) is 5.82 Å². The van der Waals surface area contributed by atoms with E-state index in [1.165, 1.54) is 45.9 Å². The highest BCUT2D eigenvalue weighted by Crippen LogP contribution is 2.14. The lowest BCUT2D eigenvalue weighted by atomic mass is 10.2. The molecule has 2 heterocycles. The minimum atomic E-state index is -3.32. The van der Waals surface area contributed by atoms with Crippen molar-refractivity contribution in [3.63, 3.8) is 0 Å². The number of halogens is 1. The zero-order chi connectivity index (χ0) is 19.9. The number of sulfone groups is 1. The molecular formula is C17H13FN6O3S. The fourth-order valence-electron chi connectivity index (χ4n) is 2.74. The molecule has 0 spiro atoms. The van der Waals surface area contributed by atoms with Gasteiger partial charge in [0, 0.05) is 12.3 Å². The van der Waals surface area contributed by atoms with Crippen LogP contribution in [0.3, 0.4) is 0 Å². The molecule has 0 aliphatic rings. The molecule has 11 heteroatoms. The van der Waals surface area contributed by atoms with E-state index in [0.29, 0.717) is 11.5 Å². The van der Waals surface area contributed by atoms with Crippen molar-refractivity contribution in [3.05, 3.63) is 70.8 Å². The van der Waals surface area contributed by atoms with Gasteiger partial charge in [0.25, 0.3) is 5.56 Å². The topological polar surface area (TPSA) is 113 Å². The lowest BCUT2D eigenvalue weighted by Crippen LogP contribution is -2.23. The SMILES string of the molecule is CS(=O)(=O)c1ccc(-n2nnnc2Cn2cnc3cc(F)ccc3c2=O)cc1. The third-order valence-corrected chi connectivity index (χ3v) is 5.27. The standard InChI is InChI=1S/C17H13FN6O3S/c1-28(26,27)13-5-3-12(4-6-13)24-16(20-21-22-24)9-23-10-19-15-8-11(18)2-7-14(15)17(23)25/h2-8,10H,9H2,1H3. The summed E-state index contributed by atoms with van der Waals surface area (Å²) in [6.07, 6.45) is 2.42. The highest BCUT2D eigenvalue weighted by molar-refractivity contribution is 7.90. The molecule has 0 saturated carbocycles. The number of rotatable bonds is 4. The molecule has 9 nitrogen and oxygen atoms in total. The van der Waals surface area contributed by atoms with E-state index in [1.807, 2.05) is 0 Å². The first-order valence-electron chi connectivity index (χ1n) is 8.05. The Morgan fingerprint density at radius 1 is 1.11 bits per heavy atom. The Labute approximate surface area is 158 Å². The fraction of sp³-hybridized carbons (Fsp3) is 0.118. The van der Waals surface area contributed by atoms with Crippen molar-refractivity contribution in [2.24, 2.45) is 0 Å². The summed E-state index contributed by atoms with van der Waals surface area (Å²) in [6.45, 7) is 0.0278. The van der Waals surface area contributed by atoms with Crippen LogP contribution in [0.5, 0.6) is 0 Å². The quantitative estimate of drug-likeness (QED) is 0.501. The van der Waals surface area contributed by atoms with Crippen LogP contribution in [-0.2, 0) is 16.4 Å². The maximum Gasteiger partial charge on any atom is 0.261 e. The van der Waals surface area contributed by atoms with Gasteiger partial charge >= 0.3 is 0 Å². The summed E-state index contributed by atoms with van der Waals surface area (Å²) in [5.74, 6) is -0.129. The minimum Gasteiger partial charge on any atom is -0.291 e. The van der Waals surface area contributed by atoms with Gasteiger partial charge in [-0.15, -0.1) is 5.10 Å². The largest absolute Gasteiger partial charge is 0.291 e. The van der Waals surface area contributed by atoms with Crippen LogP contribution in [0.25, 0.3) is 16.6 Å². The highest BCUT2D eigenvalue weighted by Gasteiger charge is 2.13. The van der Waals surface area contributed by atoms with Crippen molar-refractivity contribution in [3.8, 4) is 5.69 Å². The second-order valence-corrected chi connectivity index (χ2v) is 8.13. The lowest BCUT2D eigenvalue weighted by molar-refractivity contribution is 0.602. The number of tetrazole rings is 1. The lowest BCUT2D eigenvalue weighted by Gasteiger charge is -2.08. The molecule has 0 saturated heterocycles. The predicted molar refractivity (Wildman–Crippen MR) is 97.3 cm³/mol. The molecule has 0 aliphatic carbocycles. The highest BCUT2D eigenvalue weighted by atomic mass is 32.2. The van der Waals surface area contributed by atoms with Crippen LogP contribution >= 0.6 is 0 Å². The number of nitrogens with zero attached hydrogens (tertiary/aromatic N) is 6. The summed E-state index contributed by atoms with van der Waals surface area (Å²) in [5.41, 5.74) is 0.445. The van der Waals surface area contributed by atoms with Crippen LogP contribution in [0.1, 0.15) is 5.82 Å². The average molecular weight is 400 g/mol. The summed E-state index contributed by atoms with van der Waals surface area (Å²) >= 11 is 0. The van der Waals surface area contributed by atoms with Gasteiger partial charge in [-0.1, -0.05) is 0 Å². The number of hydrogen-bond donors (Lipinski definition) is 0.